The van der Waals surface area contributed by atoms with Gasteiger partial charge >= 0.3 is 5.97 Å². The lowest BCUT2D eigenvalue weighted by molar-refractivity contribution is 0.0526. The van der Waals surface area contributed by atoms with Gasteiger partial charge in [0.25, 0.3) is 0 Å². The van der Waals surface area contributed by atoms with Crippen LogP contribution in [0.4, 0.5) is 0 Å². The van der Waals surface area contributed by atoms with Crippen molar-refractivity contribution in [1.29, 1.82) is 0 Å². The third-order valence-electron chi connectivity index (χ3n) is 3.46. The molecule has 2 aromatic heterocycles. The largest absolute Gasteiger partial charge is 0.462 e. The molecule has 23 heavy (non-hydrogen) atoms. The molecule has 0 saturated carbocycles. The Labute approximate surface area is 132 Å². The van der Waals surface area contributed by atoms with E-state index in [2.05, 4.69) is 4.98 Å². The predicted molar refractivity (Wildman–Crippen MR) is 85.4 cm³/mol. The van der Waals surface area contributed by atoms with Crippen molar-refractivity contribution in [2.45, 2.75) is 13.8 Å². The van der Waals surface area contributed by atoms with Crippen molar-refractivity contribution >= 4 is 22.9 Å². The van der Waals surface area contributed by atoms with Crippen LogP contribution in [0, 0.1) is 0 Å². The van der Waals surface area contributed by atoms with Gasteiger partial charge in [0.15, 0.2) is 5.78 Å². The van der Waals surface area contributed by atoms with Crippen LogP contribution in [0.25, 0.3) is 22.4 Å². The average Bonchev–Trinajstić information content (AvgIpc) is 2.98. The summed E-state index contributed by atoms with van der Waals surface area (Å²) in [6.07, 6.45) is 1.44. The topological polar surface area (TPSA) is 69.4 Å². The predicted octanol–water partition coefficient (Wildman–Crippen LogP) is 3.87. The number of benzene rings is 1. The molecule has 0 atom stereocenters. The molecule has 3 aromatic rings. The quantitative estimate of drug-likeness (QED) is 0.540. The van der Waals surface area contributed by atoms with E-state index in [4.69, 9.17) is 9.15 Å². The number of ketones is 1. The molecule has 0 unspecified atom stereocenters. The van der Waals surface area contributed by atoms with E-state index in [9.17, 15) is 9.59 Å². The van der Waals surface area contributed by atoms with E-state index in [1.54, 1.807) is 25.1 Å². The number of carbonyl (C=O) groups is 2. The first-order valence-electron chi connectivity index (χ1n) is 7.26. The van der Waals surface area contributed by atoms with Crippen LogP contribution < -0.4 is 0 Å². The highest BCUT2D eigenvalue weighted by Crippen LogP contribution is 2.27. The molecule has 0 amide bonds. The van der Waals surface area contributed by atoms with Crippen molar-refractivity contribution < 1.29 is 18.7 Å². The molecule has 1 aromatic carbocycles. The molecule has 5 heteroatoms. The summed E-state index contributed by atoms with van der Waals surface area (Å²) in [5.41, 5.74) is 2.32. The molecule has 0 aliphatic heterocycles. The number of Topliss-reactive ketones (excluding diaryl/α,β-unsaturated/α-hetero) is 1. The standard InChI is InChI=1S/C18H15NO4/c1-3-22-18(21)15-8-14-9-16(23-17(14)19-10-15)13-6-4-12(5-7-13)11(2)20/h4-10H,3H2,1-2H3. The SMILES string of the molecule is CCOC(=O)c1cnc2oc(-c3ccc(C(C)=O)cc3)cc2c1. The highest BCUT2D eigenvalue weighted by molar-refractivity contribution is 5.95. The van der Waals surface area contributed by atoms with Gasteiger partial charge in [-0.15, -0.1) is 0 Å². The lowest BCUT2D eigenvalue weighted by Crippen LogP contribution is -2.04. The van der Waals surface area contributed by atoms with Gasteiger partial charge in [-0.25, -0.2) is 9.78 Å². The number of furan rings is 1. The second kappa shape index (κ2) is 6.04. The van der Waals surface area contributed by atoms with Gasteiger partial charge < -0.3 is 9.15 Å². The molecule has 0 N–H and O–H groups in total. The van der Waals surface area contributed by atoms with Crippen LogP contribution in [0.1, 0.15) is 34.6 Å². The van der Waals surface area contributed by atoms with Crippen molar-refractivity contribution in [3.05, 3.63) is 53.7 Å². The third kappa shape index (κ3) is 2.99. The average molecular weight is 309 g/mol. The zero-order valence-electron chi connectivity index (χ0n) is 12.8. The van der Waals surface area contributed by atoms with E-state index in [1.807, 2.05) is 18.2 Å². The minimum atomic E-state index is -0.407. The Morgan fingerprint density at radius 1 is 1.13 bits per heavy atom. The number of carbonyl (C=O) groups excluding carboxylic acids is 2. The zero-order valence-corrected chi connectivity index (χ0v) is 12.8. The Bertz CT molecular complexity index is 878. The van der Waals surface area contributed by atoms with Gasteiger partial charge in [0, 0.05) is 22.7 Å². The molecule has 0 saturated heterocycles. The lowest BCUT2D eigenvalue weighted by Gasteiger charge is -1.99. The molecule has 0 aliphatic rings. The van der Waals surface area contributed by atoms with E-state index >= 15 is 0 Å². The number of nitrogens with zero attached hydrogens (tertiary/aromatic N) is 1. The van der Waals surface area contributed by atoms with E-state index < -0.39 is 5.97 Å². The number of esters is 1. The second-order valence-corrected chi connectivity index (χ2v) is 5.08. The Morgan fingerprint density at radius 2 is 1.87 bits per heavy atom. The fraction of sp³-hybridized carbons (Fsp3) is 0.167. The summed E-state index contributed by atoms with van der Waals surface area (Å²) in [5, 5.41) is 0.723. The summed E-state index contributed by atoms with van der Waals surface area (Å²) in [4.78, 5) is 27.2. The molecule has 0 fully saturated rings. The maximum atomic E-state index is 11.7. The van der Waals surface area contributed by atoms with Gasteiger partial charge in [0.2, 0.25) is 5.71 Å². The number of hydrogen-bond acceptors (Lipinski definition) is 5. The second-order valence-electron chi connectivity index (χ2n) is 5.08. The zero-order chi connectivity index (χ0) is 16.4. The van der Waals surface area contributed by atoms with Gasteiger partial charge in [0.1, 0.15) is 5.76 Å². The van der Waals surface area contributed by atoms with E-state index in [1.165, 1.54) is 13.1 Å². The van der Waals surface area contributed by atoms with Gasteiger partial charge in [-0.1, -0.05) is 24.3 Å². The first kappa shape index (κ1) is 15.0. The molecule has 3 rings (SSSR count). The van der Waals surface area contributed by atoms with Crippen LogP contribution in [0.3, 0.4) is 0 Å². The Morgan fingerprint density at radius 3 is 2.52 bits per heavy atom. The van der Waals surface area contributed by atoms with E-state index in [-0.39, 0.29) is 5.78 Å². The van der Waals surface area contributed by atoms with Crippen LogP contribution in [0.5, 0.6) is 0 Å². The van der Waals surface area contributed by atoms with Gasteiger partial charge in [-0.2, -0.15) is 0 Å². The van der Waals surface area contributed by atoms with Crippen molar-refractivity contribution in [1.82, 2.24) is 4.98 Å². The number of ether oxygens (including phenoxy) is 1. The Balaban J connectivity index is 1.96. The van der Waals surface area contributed by atoms with Crippen molar-refractivity contribution in [3.8, 4) is 11.3 Å². The molecular weight excluding hydrogens is 294 g/mol. The first-order chi connectivity index (χ1) is 11.1. The third-order valence-corrected chi connectivity index (χ3v) is 3.46. The van der Waals surface area contributed by atoms with Crippen molar-refractivity contribution in [2.75, 3.05) is 6.61 Å². The summed E-state index contributed by atoms with van der Waals surface area (Å²) < 4.78 is 10.7. The van der Waals surface area contributed by atoms with Crippen LogP contribution in [0.2, 0.25) is 0 Å². The number of aromatic nitrogens is 1. The van der Waals surface area contributed by atoms with Crippen LogP contribution in [-0.4, -0.2) is 23.3 Å². The monoisotopic (exact) mass is 309 g/mol. The number of pyridine rings is 1. The minimum absolute atomic E-state index is 0.0156. The minimum Gasteiger partial charge on any atom is -0.462 e. The number of fused-ring (bicyclic) bond motifs is 1. The fourth-order valence-electron chi connectivity index (χ4n) is 2.27. The summed E-state index contributed by atoms with van der Waals surface area (Å²) in [5.74, 6) is 0.237. The number of rotatable bonds is 4. The normalized spacial score (nSPS) is 10.7. The molecule has 0 radical (unpaired) electrons. The Kier molecular flexibility index (Phi) is 3.93. The lowest BCUT2D eigenvalue weighted by atomic mass is 10.1. The van der Waals surface area contributed by atoms with Crippen LogP contribution in [0.15, 0.2) is 47.0 Å². The van der Waals surface area contributed by atoms with Crippen molar-refractivity contribution in [3.63, 3.8) is 0 Å². The summed E-state index contributed by atoms with van der Waals surface area (Å²) in [7, 11) is 0. The van der Waals surface area contributed by atoms with Gasteiger partial charge in [-0.05, 0) is 26.0 Å². The molecule has 5 nitrogen and oxygen atoms in total. The summed E-state index contributed by atoms with van der Waals surface area (Å²) in [6.45, 7) is 3.59. The smallest absolute Gasteiger partial charge is 0.339 e. The van der Waals surface area contributed by atoms with Gasteiger partial charge in [0.05, 0.1) is 12.2 Å². The number of hydrogen-bond donors (Lipinski definition) is 0. The Hall–Kier alpha value is -2.95. The first-order valence-corrected chi connectivity index (χ1v) is 7.26. The molecule has 0 bridgehead atoms. The highest BCUT2D eigenvalue weighted by Gasteiger charge is 2.12. The maximum Gasteiger partial charge on any atom is 0.339 e. The molecule has 2 heterocycles. The van der Waals surface area contributed by atoms with Crippen LogP contribution >= 0.6 is 0 Å². The van der Waals surface area contributed by atoms with Gasteiger partial charge in [-0.3, -0.25) is 4.79 Å². The molecular formula is C18H15NO4. The fourth-order valence-corrected chi connectivity index (χ4v) is 2.27. The van der Waals surface area contributed by atoms with Crippen LogP contribution in [-0.2, 0) is 4.74 Å². The van der Waals surface area contributed by atoms with E-state index in [0.717, 1.165) is 10.9 Å². The highest BCUT2D eigenvalue weighted by atomic mass is 16.5. The van der Waals surface area contributed by atoms with E-state index in [0.29, 0.717) is 29.2 Å². The summed E-state index contributed by atoms with van der Waals surface area (Å²) >= 11 is 0. The maximum absolute atomic E-state index is 11.7. The summed E-state index contributed by atoms with van der Waals surface area (Å²) in [6, 6.07) is 10.6. The molecule has 116 valence electrons. The van der Waals surface area contributed by atoms with Crippen molar-refractivity contribution in [2.24, 2.45) is 0 Å². The molecule has 0 aliphatic carbocycles. The molecule has 0 spiro atoms.